The van der Waals surface area contributed by atoms with Gasteiger partial charge < -0.3 is 34.6 Å². The van der Waals surface area contributed by atoms with Gasteiger partial charge in [-0.2, -0.15) is 0 Å². The van der Waals surface area contributed by atoms with Crippen molar-refractivity contribution < 1.29 is 32.6 Å². The van der Waals surface area contributed by atoms with Gasteiger partial charge in [-0.05, 0) is 43.2 Å². The van der Waals surface area contributed by atoms with Gasteiger partial charge in [0.2, 0.25) is 11.8 Å². The molecule has 0 saturated carbocycles. The number of alkyl halides is 2. The first kappa shape index (κ1) is 29.9. The van der Waals surface area contributed by atoms with Crippen molar-refractivity contribution >= 4 is 34.5 Å². The molecule has 0 aliphatic carbocycles. The molecule has 13 heteroatoms. The van der Waals surface area contributed by atoms with E-state index in [4.69, 9.17) is 4.74 Å². The molecule has 3 rings (SSSR count). The van der Waals surface area contributed by atoms with Crippen LogP contribution in [-0.4, -0.2) is 72.6 Å². The van der Waals surface area contributed by atoms with Crippen molar-refractivity contribution in [2.45, 2.75) is 31.9 Å². The highest BCUT2D eigenvalue weighted by Crippen LogP contribution is 2.26. The van der Waals surface area contributed by atoms with E-state index < -0.39 is 36.6 Å². The Kier molecular flexibility index (Phi) is 10.4. The first-order valence-corrected chi connectivity index (χ1v) is 12.3. The number of anilines is 1. The third-order valence-electron chi connectivity index (χ3n) is 5.77. The van der Waals surface area contributed by atoms with Gasteiger partial charge in [-0.3, -0.25) is 14.4 Å². The maximum absolute atomic E-state index is 13.1. The van der Waals surface area contributed by atoms with Crippen LogP contribution < -0.4 is 20.9 Å². The first-order valence-electron chi connectivity index (χ1n) is 12.3. The third-order valence-corrected chi connectivity index (χ3v) is 5.77. The number of fused-ring (bicyclic) bond motifs is 1. The molecule has 1 atom stereocenters. The fourth-order valence-corrected chi connectivity index (χ4v) is 3.77. The van der Waals surface area contributed by atoms with Crippen molar-refractivity contribution in [3.05, 3.63) is 70.8 Å². The fourth-order valence-electron chi connectivity index (χ4n) is 3.77. The molecule has 1 unspecified atom stereocenters. The fraction of sp³-hybridized carbons (Fsp3) is 0.333. The summed E-state index contributed by atoms with van der Waals surface area (Å²) >= 11 is 0. The number of methoxy groups -OCH3 is 1. The lowest BCUT2D eigenvalue weighted by Gasteiger charge is -2.17. The number of H-pyrrole nitrogens is 1. The molecular weight excluding hydrogens is 528 g/mol. The molecule has 3 N–H and O–H groups in total. The van der Waals surface area contributed by atoms with E-state index in [0.29, 0.717) is 17.6 Å². The van der Waals surface area contributed by atoms with Gasteiger partial charge >= 0.3 is 6.09 Å². The number of hydrogen-bond acceptors (Lipinski definition) is 6. The van der Waals surface area contributed by atoms with Gasteiger partial charge in [0.1, 0.15) is 24.1 Å². The molecule has 0 fully saturated rings. The Labute approximate surface area is 228 Å². The van der Waals surface area contributed by atoms with E-state index in [0.717, 1.165) is 12.5 Å². The number of ether oxygens (including phenoxy) is 2. The summed E-state index contributed by atoms with van der Waals surface area (Å²) in [5, 5.41) is 5.71. The Morgan fingerprint density at radius 2 is 1.95 bits per heavy atom. The number of aromatic nitrogens is 2. The number of benzene rings is 1. The van der Waals surface area contributed by atoms with E-state index in [9.17, 15) is 28.0 Å². The number of allylic oxidation sites excluding steroid dienone is 1. The number of aromatic amines is 1. The average molecular weight is 560 g/mol. The van der Waals surface area contributed by atoms with E-state index in [1.54, 1.807) is 50.5 Å². The minimum absolute atomic E-state index is 0.0143. The molecule has 11 nitrogen and oxygen atoms in total. The van der Waals surface area contributed by atoms with Crippen LogP contribution in [0.1, 0.15) is 18.5 Å². The number of hydrogen-bond donors (Lipinski definition) is 3. The Morgan fingerprint density at radius 1 is 1.18 bits per heavy atom. The zero-order chi connectivity index (χ0) is 29.2. The van der Waals surface area contributed by atoms with Crippen molar-refractivity contribution in [3.8, 4) is 5.75 Å². The standard InChI is InChI=1S/C27H31F2N5O6/c1-33(2)23(35)12-5-4-9-19(32-27(38)39-3)25(36)31-20-10-7-13-34(26(20)37)15-18-14-17-8-6-11-21(24(17)30-18)40-16-22(28)29/h5-8,10-14,19,22,30H,4,9,15-16H2,1-3H3,(H,31,36)(H,32,38). The number of amides is 3. The topological polar surface area (TPSA) is 135 Å². The maximum atomic E-state index is 13.1. The predicted molar refractivity (Wildman–Crippen MR) is 145 cm³/mol. The van der Waals surface area contributed by atoms with Crippen LogP contribution in [0.5, 0.6) is 5.75 Å². The number of pyridine rings is 1. The lowest BCUT2D eigenvalue weighted by atomic mass is 10.1. The Balaban J connectivity index is 1.74. The lowest BCUT2D eigenvalue weighted by Crippen LogP contribution is -2.44. The van der Waals surface area contributed by atoms with Crippen molar-refractivity contribution in [2.24, 2.45) is 0 Å². The quantitative estimate of drug-likeness (QED) is 0.292. The molecule has 2 aromatic heterocycles. The highest BCUT2D eigenvalue weighted by atomic mass is 19.3. The minimum Gasteiger partial charge on any atom is -0.485 e. The van der Waals surface area contributed by atoms with Gasteiger partial charge in [0.05, 0.1) is 19.2 Å². The van der Waals surface area contributed by atoms with Crippen molar-refractivity contribution in [2.75, 3.05) is 33.1 Å². The van der Waals surface area contributed by atoms with E-state index in [1.165, 1.54) is 27.8 Å². The number of carbonyl (C=O) groups is 3. The summed E-state index contributed by atoms with van der Waals surface area (Å²) in [7, 11) is 4.37. The monoisotopic (exact) mass is 559 g/mol. The number of rotatable bonds is 12. The zero-order valence-electron chi connectivity index (χ0n) is 22.3. The zero-order valence-corrected chi connectivity index (χ0v) is 22.3. The molecular formula is C27H31F2N5O6. The summed E-state index contributed by atoms with van der Waals surface area (Å²) in [6, 6.07) is 8.77. The van der Waals surface area contributed by atoms with Gasteiger partial charge in [-0.15, -0.1) is 0 Å². The summed E-state index contributed by atoms with van der Waals surface area (Å²) in [4.78, 5) is 54.1. The van der Waals surface area contributed by atoms with Gasteiger partial charge in [0.25, 0.3) is 12.0 Å². The van der Waals surface area contributed by atoms with E-state index in [-0.39, 0.29) is 30.3 Å². The molecule has 0 spiro atoms. The van der Waals surface area contributed by atoms with Crippen molar-refractivity contribution in [1.82, 2.24) is 19.8 Å². The second-order valence-corrected chi connectivity index (χ2v) is 8.96. The highest BCUT2D eigenvalue weighted by Gasteiger charge is 2.22. The smallest absolute Gasteiger partial charge is 0.407 e. The van der Waals surface area contributed by atoms with Crippen LogP contribution in [0, 0.1) is 0 Å². The van der Waals surface area contributed by atoms with Crippen LogP contribution in [0.25, 0.3) is 10.9 Å². The number of carbonyl (C=O) groups excluding carboxylic acids is 3. The maximum Gasteiger partial charge on any atom is 0.407 e. The molecule has 214 valence electrons. The summed E-state index contributed by atoms with van der Waals surface area (Å²) in [5.74, 6) is -0.597. The average Bonchev–Trinajstić information content (AvgIpc) is 3.34. The molecule has 1 aromatic carbocycles. The molecule has 0 radical (unpaired) electrons. The second kappa shape index (κ2) is 13.9. The molecule has 0 aliphatic rings. The van der Waals surface area contributed by atoms with Crippen LogP contribution in [0.3, 0.4) is 0 Å². The Hall–Kier alpha value is -4.68. The van der Waals surface area contributed by atoms with Gasteiger partial charge in [-0.25, -0.2) is 13.6 Å². The van der Waals surface area contributed by atoms with Gasteiger partial charge in [0.15, 0.2) is 0 Å². The minimum atomic E-state index is -2.62. The molecule has 0 saturated heterocycles. The van der Waals surface area contributed by atoms with Crippen LogP contribution >= 0.6 is 0 Å². The number of para-hydroxylation sites is 1. The number of halogens is 2. The van der Waals surface area contributed by atoms with Gasteiger partial charge in [-0.1, -0.05) is 18.2 Å². The summed E-state index contributed by atoms with van der Waals surface area (Å²) in [5.41, 5.74) is 0.614. The van der Waals surface area contributed by atoms with Crippen LogP contribution in [0.4, 0.5) is 19.3 Å². The van der Waals surface area contributed by atoms with E-state index >= 15 is 0 Å². The lowest BCUT2D eigenvalue weighted by molar-refractivity contribution is -0.123. The highest BCUT2D eigenvalue weighted by molar-refractivity contribution is 5.96. The molecule has 3 aromatic rings. The summed E-state index contributed by atoms with van der Waals surface area (Å²) < 4.78 is 36.4. The molecule has 0 aliphatic heterocycles. The Morgan fingerprint density at radius 3 is 2.65 bits per heavy atom. The van der Waals surface area contributed by atoms with Crippen molar-refractivity contribution in [3.63, 3.8) is 0 Å². The first-order chi connectivity index (χ1) is 19.1. The molecule has 2 heterocycles. The Bertz CT molecular complexity index is 1430. The van der Waals surface area contributed by atoms with Crippen LogP contribution in [0.2, 0.25) is 0 Å². The van der Waals surface area contributed by atoms with Crippen molar-refractivity contribution in [1.29, 1.82) is 0 Å². The van der Waals surface area contributed by atoms with Gasteiger partial charge in [0, 0.05) is 31.4 Å². The molecule has 3 amide bonds. The summed E-state index contributed by atoms with van der Waals surface area (Å²) in [6.07, 6.45) is 1.48. The largest absolute Gasteiger partial charge is 0.485 e. The SMILES string of the molecule is COC(=O)NC(CCC=CC(=O)N(C)C)C(=O)Nc1cccn(Cc2cc3cccc(OCC(F)F)c3[nH]2)c1=O. The molecule has 40 heavy (non-hydrogen) atoms. The second-order valence-electron chi connectivity index (χ2n) is 8.96. The third kappa shape index (κ3) is 8.16. The number of likely N-dealkylation sites (N-methyl/N-ethyl adjacent to an activating group) is 1. The normalized spacial score (nSPS) is 11.9. The van der Waals surface area contributed by atoms with Crippen LogP contribution in [-0.2, 0) is 20.9 Å². The van der Waals surface area contributed by atoms with E-state index in [1.807, 2.05) is 0 Å². The predicted octanol–water partition coefficient (Wildman–Crippen LogP) is 3.11. The number of nitrogens with one attached hydrogen (secondary N) is 3. The number of nitrogens with zero attached hydrogens (tertiary/aromatic N) is 2. The van der Waals surface area contributed by atoms with E-state index in [2.05, 4.69) is 20.4 Å². The molecule has 0 bridgehead atoms. The van der Waals surface area contributed by atoms with Crippen LogP contribution in [0.15, 0.2) is 59.5 Å². The number of alkyl carbamates (subject to hydrolysis) is 1. The summed E-state index contributed by atoms with van der Waals surface area (Å²) in [6.45, 7) is -0.648.